The van der Waals surface area contributed by atoms with Gasteiger partial charge < -0.3 is 15.6 Å². The summed E-state index contributed by atoms with van der Waals surface area (Å²) in [6.45, 7) is 4.33. The van der Waals surface area contributed by atoms with E-state index in [1.807, 2.05) is 0 Å². The number of ketones is 1. The monoisotopic (exact) mass is 410 g/mol. The number of fused-ring (bicyclic) bond motifs is 7. The molecular formula is C24H30N2O4. The fourth-order valence-corrected chi connectivity index (χ4v) is 9.56. The topological polar surface area (TPSA) is 113 Å². The molecule has 0 radical (unpaired) electrons. The number of Topliss-reactive ketones (excluding diaryl/α,β-unsaturated/α-hetero) is 1. The molecule has 0 amide bonds. The number of nitriles is 1. The fraction of sp³-hybridized carbons (Fsp3) is 0.792. The van der Waals surface area contributed by atoms with Gasteiger partial charge in [-0.3, -0.25) is 9.59 Å². The molecule has 5 aliphatic carbocycles. The Kier molecular flexibility index (Phi) is 3.33. The quantitative estimate of drug-likeness (QED) is 0.594. The van der Waals surface area contributed by atoms with Crippen LogP contribution in [0.1, 0.15) is 65.2 Å². The van der Waals surface area contributed by atoms with E-state index >= 15 is 0 Å². The molecule has 4 saturated carbocycles. The van der Waals surface area contributed by atoms with Crippen molar-refractivity contribution < 1.29 is 19.4 Å². The number of aliphatic hydroxyl groups excluding tert-OH is 1. The summed E-state index contributed by atoms with van der Waals surface area (Å²) in [7, 11) is 0. The van der Waals surface area contributed by atoms with Crippen LogP contribution in [0.4, 0.5) is 0 Å². The number of ether oxygens (including phenoxy) is 1. The number of carbonyl (C=O) groups excluding carboxylic acids is 2. The van der Waals surface area contributed by atoms with E-state index in [1.54, 1.807) is 0 Å². The van der Waals surface area contributed by atoms with Crippen molar-refractivity contribution in [2.75, 3.05) is 0 Å². The van der Waals surface area contributed by atoms with E-state index in [-0.39, 0.29) is 40.8 Å². The Labute approximate surface area is 176 Å². The highest BCUT2D eigenvalue weighted by Crippen LogP contribution is 2.76. The summed E-state index contributed by atoms with van der Waals surface area (Å²) in [6, 6.07) is 2.55. The van der Waals surface area contributed by atoms with Crippen molar-refractivity contribution in [3.8, 4) is 6.07 Å². The molecule has 0 aromatic rings. The van der Waals surface area contributed by atoms with Crippen LogP contribution in [0.2, 0.25) is 0 Å². The number of nitrogens with zero attached hydrogens (tertiary/aromatic N) is 1. The zero-order valence-electron chi connectivity index (χ0n) is 17.7. The number of esters is 1. The molecule has 6 rings (SSSR count). The molecule has 1 saturated heterocycles. The van der Waals surface area contributed by atoms with E-state index in [2.05, 4.69) is 19.9 Å². The van der Waals surface area contributed by atoms with Crippen LogP contribution < -0.4 is 5.73 Å². The zero-order chi connectivity index (χ0) is 21.3. The predicted molar refractivity (Wildman–Crippen MR) is 106 cm³/mol. The van der Waals surface area contributed by atoms with Crippen LogP contribution in [0.15, 0.2) is 11.3 Å². The minimum absolute atomic E-state index is 0.0255. The van der Waals surface area contributed by atoms with Crippen molar-refractivity contribution in [1.82, 2.24) is 0 Å². The molecule has 5 unspecified atom stereocenters. The van der Waals surface area contributed by atoms with Gasteiger partial charge in [-0.1, -0.05) is 13.8 Å². The fourth-order valence-electron chi connectivity index (χ4n) is 9.56. The van der Waals surface area contributed by atoms with Gasteiger partial charge in [0.15, 0.2) is 5.78 Å². The second-order valence-corrected chi connectivity index (χ2v) is 11.4. The first-order valence-electron chi connectivity index (χ1n) is 11.5. The molecule has 2 bridgehead atoms. The average Bonchev–Trinajstić information content (AvgIpc) is 3.31. The summed E-state index contributed by atoms with van der Waals surface area (Å²) in [6.07, 6.45) is 4.57. The molecule has 6 aliphatic rings. The van der Waals surface area contributed by atoms with Gasteiger partial charge in [0.25, 0.3) is 0 Å². The van der Waals surface area contributed by atoms with Gasteiger partial charge in [-0.15, -0.1) is 0 Å². The molecule has 1 heterocycles. The molecule has 0 aromatic carbocycles. The van der Waals surface area contributed by atoms with Crippen molar-refractivity contribution in [1.29, 1.82) is 5.26 Å². The van der Waals surface area contributed by atoms with Crippen molar-refractivity contribution in [3.05, 3.63) is 11.3 Å². The largest absolute Gasteiger partial charge is 0.458 e. The number of rotatable bonds is 0. The lowest BCUT2D eigenvalue weighted by molar-refractivity contribution is -0.209. The van der Waals surface area contributed by atoms with Crippen LogP contribution in [0.3, 0.4) is 0 Å². The second kappa shape index (κ2) is 5.30. The van der Waals surface area contributed by atoms with Gasteiger partial charge >= 0.3 is 5.97 Å². The maximum Gasteiger partial charge on any atom is 0.306 e. The maximum absolute atomic E-state index is 12.9. The minimum atomic E-state index is -0.872. The van der Waals surface area contributed by atoms with Crippen molar-refractivity contribution in [3.63, 3.8) is 0 Å². The summed E-state index contributed by atoms with van der Waals surface area (Å²) < 4.78 is 5.99. The molecule has 30 heavy (non-hydrogen) atoms. The van der Waals surface area contributed by atoms with Gasteiger partial charge in [0.2, 0.25) is 0 Å². The lowest BCUT2D eigenvalue weighted by Gasteiger charge is -2.64. The summed E-state index contributed by atoms with van der Waals surface area (Å²) in [5.41, 5.74) is 5.72. The molecule has 9 atom stereocenters. The van der Waals surface area contributed by atoms with Gasteiger partial charge in [-0.05, 0) is 61.7 Å². The molecule has 1 spiro atoms. The highest BCUT2D eigenvalue weighted by atomic mass is 16.6. The second-order valence-electron chi connectivity index (χ2n) is 11.4. The number of hydrogen-bond acceptors (Lipinski definition) is 6. The van der Waals surface area contributed by atoms with Crippen LogP contribution in [0, 0.1) is 51.2 Å². The molecular weight excluding hydrogens is 380 g/mol. The van der Waals surface area contributed by atoms with E-state index in [9.17, 15) is 20.0 Å². The van der Waals surface area contributed by atoms with E-state index in [0.29, 0.717) is 43.4 Å². The van der Waals surface area contributed by atoms with Crippen LogP contribution in [0.5, 0.6) is 0 Å². The van der Waals surface area contributed by atoms with Gasteiger partial charge in [-0.25, -0.2) is 0 Å². The van der Waals surface area contributed by atoms with Crippen molar-refractivity contribution >= 4 is 11.8 Å². The SMILES string of the molecule is CC12C[C@@H](O)C3C(C1CC[C@@]21CCC(=O)O1)[C@H]1C[C@]2(C#N)C(=C1N)C(=O)CCC32C. The Morgan fingerprint density at radius 2 is 1.90 bits per heavy atom. The van der Waals surface area contributed by atoms with Gasteiger partial charge in [0.05, 0.1) is 17.6 Å². The number of hydrogen-bond donors (Lipinski definition) is 2. The van der Waals surface area contributed by atoms with Crippen molar-refractivity contribution in [2.24, 2.45) is 45.7 Å². The van der Waals surface area contributed by atoms with Crippen LogP contribution in [-0.2, 0) is 14.3 Å². The summed E-state index contributed by atoms with van der Waals surface area (Å²) in [5.74, 6) is 0.169. The summed E-state index contributed by atoms with van der Waals surface area (Å²) in [5, 5.41) is 22.0. The average molecular weight is 411 g/mol. The van der Waals surface area contributed by atoms with Gasteiger partial charge in [0, 0.05) is 35.4 Å². The van der Waals surface area contributed by atoms with Crippen LogP contribution in [0.25, 0.3) is 0 Å². The highest BCUT2D eigenvalue weighted by Gasteiger charge is 2.76. The first kappa shape index (κ1) is 18.9. The first-order valence-corrected chi connectivity index (χ1v) is 11.5. The number of aliphatic hydroxyl groups is 1. The Hall–Kier alpha value is -1.87. The van der Waals surface area contributed by atoms with Crippen LogP contribution >= 0.6 is 0 Å². The van der Waals surface area contributed by atoms with E-state index < -0.39 is 22.5 Å². The molecule has 6 heteroatoms. The normalized spacial score (nSPS) is 56.0. The Balaban J connectivity index is 1.53. The van der Waals surface area contributed by atoms with Gasteiger partial charge in [0.1, 0.15) is 5.60 Å². The molecule has 0 aromatic heterocycles. The van der Waals surface area contributed by atoms with Crippen LogP contribution in [-0.4, -0.2) is 28.6 Å². The lowest BCUT2D eigenvalue weighted by Crippen LogP contribution is -2.64. The molecule has 5 fully saturated rings. The molecule has 6 nitrogen and oxygen atoms in total. The Bertz CT molecular complexity index is 967. The van der Waals surface area contributed by atoms with E-state index in [1.165, 1.54) is 0 Å². The predicted octanol–water partition coefficient (Wildman–Crippen LogP) is 2.60. The first-order chi connectivity index (χ1) is 14.1. The van der Waals surface area contributed by atoms with E-state index in [0.717, 1.165) is 19.3 Å². The summed E-state index contributed by atoms with van der Waals surface area (Å²) >= 11 is 0. The third-order valence-electron chi connectivity index (χ3n) is 10.8. The van der Waals surface area contributed by atoms with E-state index in [4.69, 9.17) is 10.5 Å². The standard InChI is InChI=1S/C24H30N2O4/c1-21-6-4-14(27)19-20(26)12(9-23(19,21)11-25)17-13-3-7-24(8-5-16(29)30-24)22(13,2)10-15(28)18(17)21/h12-13,15,17-18,28H,3-10,26H2,1-2H3/t12-,13?,15-,17?,18?,21?,22?,23+,24-/m1/s1. The smallest absolute Gasteiger partial charge is 0.306 e. The third-order valence-corrected chi connectivity index (χ3v) is 10.8. The number of carbonyl (C=O) groups is 2. The van der Waals surface area contributed by atoms with Crippen molar-refractivity contribution in [2.45, 2.75) is 76.9 Å². The molecule has 1 aliphatic heterocycles. The summed E-state index contributed by atoms with van der Waals surface area (Å²) in [4.78, 5) is 25.0. The van der Waals surface area contributed by atoms with Gasteiger partial charge in [-0.2, -0.15) is 5.26 Å². The Morgan fingerprint density at radius 1 is 1.13 bits per heavy atom. The third kappa shape index (κ3) is 1.71. The molecule has 160 valence electrons. The lowest BCUT2D eigenvalue weighted by atomic mass is 9.39. The molecule has 3 N–H and O–H groups in total. The number of nitrogens with two attached hydrogens (primary N) is 1. The Morgan fingerprint density at radius 3 is 2.57 bits per heavy atom. The zero-order valence-corrected chi connectivity index (χ0v) is 17.7. The number of allylic oxidation sites excluding steroid dienone is 2. The highest BCUT2D eigenvalue weighted by molar-refractivity contribution is 6.00. The maximum atomic E-state index is 12.9. The minimum Gasteiger partial charge on any atom is -0.458 e.